The molecule has 15 heavy (non-hydrogen) atoms. The van der Waals surface area contributed by atoms with Gasteiger partial charge in [0.05, 0.1) is 23.9 Å². The molecule has 0 saturated heterocycles. The molecule has 0 bridgehead atoms. The number of aromatic amines is 1. The van der Waals surface area contributed by atoms with E-state index in [9.17, 15) is 4.79 Å². The topological polar surface area (TPSA) is 83.8 Å². The molecule has 1 aromatic carbocycles. The molecule has 78 valence electrons. The van der Waals surface area contributed by atoms with Crippen LogP contribution in [0.2, 0.25) is 0 Å². The molecule has 5 nitrogen and oxygen atoms in total. The molecule has 0 saturated carbocycles. The number of carbonyl (C=O) groups is 1. The van der Waals surface area contributed by atoms with E-state index in [1.807, 2.05) is 18.2 Å². The second kappa shape index (κ2) is 4.10. The lowest BCUT2D eigenvalue weighted by Gasteiger charge is -2.03. The van der Waals surface area contributed by atoms with Gasteiger partial charge in [0.2, 0.25) is 5.91 Å². The molecule has 0 aliphatic rings. The smallest absolute Gasteiger partial charge is 0.234 e. The number of imidazole rings is 1. The molecule has 0 fully saturated rings. The SMILES string of the molecule is NCC(=O)NCc1ccc2nc[nH]c2c1. The predicted molar refractivity (Wildman–Crippen MR) is 57.0 cm³/mol. The van der Waals surface area contributed by atoms with Crippen LogP contribution in [0.5, 0.6) is 0 Å². The number of amides is 1. The molecule has 0 spiro atoms. The Labute approximate surface area is 86.7 Å². The van der Waals surface area contributed by atoms with Gasteiger partial charge in [-0.3, -0.25) is 4.79 Å². The van der Waals surface area contributed by atoms with E-state index in [1.165, 1.54) is 0 Å². The van der Waals surface area contributed by atoms with Crippen molar-refractivity contribution < 1.29 is 4.79 Å². The number of nitrogens with two attached hydrogens (primary N) is 1. The fraction of sp³-hybridized carbons (Fsp3) is 0.200. The molecule has 0 radical (unpaired) electrons. The van der Waals surface area contributed by atoms with E-state index in [0.29, 0.717) is 6.54 Å². The first-order chi connectivity index (χ1) is 7.29. The Balaban J connectivity index is 2.11. The molecular weight excluding hydrogens is 192 g/mol. The highest BCUT2D eigenvalue weighted by atomic mass is 16.1. The van der Waals surface area contributed by atoms with Crippen molar-refractivity contribution in [3.05, 3.63) is 30.1 Å². The van der Waals surface area contributed by atoms with Gasteiger partial charge in [-0.15, -0.1) is 0 Å². The summed E-state index contributed by atoms with van der Waals surface area (Å²) in [5.74, 6) is -0.153. The van der Waals surface area contributed by atoms with Crippen LogP contribution in [0.3, 0.4) is 0 Å². The molecule has 1 amide bonds. The Hall–Kier alpha value is -1.88. The van der Waals surface area contributed by atoms with Gasteiger partial charge in [0, 0.05) is 6.54 Å². The van der Waals surface area contributed by atoms with Crippen molar-refractivity contribution in [2.75, 3.05) is 6.54 Å². The van der Waals surface area contributed by atoms with Gasteiger partial charge in [-0.25, -0.2) is 4.98 Å². The molecule has 5 heteroatoms. The van der Waals surface area contributed by atoms with Gasteiger partial charge in [-0.05, 0) is 17.7 Å². The van der Waals surface area contributed by atoms with Crippen molar-refractivity contribution in [2.24, 2.45) is 5.73 Å². The van der Waals surface area contributed by atoms with Crippen LogP contribution >= 0.6 is 0 Å². The zero-order chi connectivity index (χ0) is 10.7. The van der Waals surface area contributed by atoms with Crippen molar-refractivity contribution in [3.63, 3.8) is 0 Å². The predicted octanol–water partition coefficient (Wildman–Crippen LogP) is 0.138. The van der Waals surface area contributed by atoms with E-state index in [-0.39, 0.29) is 12.5 Å². The molecule has 0 atom stereocenters. The zero-order valence-corrected chi connectivity index (χ0v) is 8.16. The fourth-order valence-corrected chi connectivity index (χ4v) is 1.37. The average molecular weight is 204 g/mol. The van der Waals surface area contributed by atoms with E-state index in [4.69, 9.17) is 5.73 Å². The van der Waals surface area contributed by atoms with Crippen LogP contribution in [-0.2, 0) is 11.3 Å². The minimum Gasteiger partial charge on any atom is -0.351 e. The quantitative estimate of drug-likeness (QED) is 0.664. The second-order valence-corrected chi connectivity index (χ2v) is 3.23. The summed E-state index contributed by atoms with van der Waals surface area (Å²) in [6.07, 6.45) is 1.65. The number of hydrogen-bond acceptors (Lipinski definition) is 3. The summed E-state index contributed by atoms with van der Waals surface area (Å²) in [4.78, 5) is 18.1. The molecule has 0 aliphatic carbocycles. The largest absolute Gasteiger partial charge is 0.351 e. The normalized spacial score (nSPS) is 10.5. The van der Waals surface area contributed by atoms with Gasteiger partial charge < -0.3 is 16.0 Å². The first-order valence-electron chi connectivity index (χ1n) is 4.68. The lowest BCUT2D eigenvalue weighted by atomic mass is 10.2. The van der Waals surface area contributed by atoms with Crippen molar-refractivity contribution in [3.8, 4) is 0 Å². The number of rotatable bonds is 3. The van der Waals surface area contributed by atoms with E-state index in [2.05, 4.69) is 15.3 Å². The van der Waals surface area contributed by atoms with Crippen molar-refractivity contribution >= 4 is 16.9 Å². The monoisotopic (exact) mass is 204 g/mol. The Morgan fingerprint density at radius 3 is 3.20 bits per heavy atom. The number of hydrogen-bond donors (Lipinski definition) is 3. The first kappa shape index (κ1) is 9.67. The van der Waals surface area contributed by atoms with Gasteiger partial charge in [-0.1, -0.05) is 6.07 Å². The van der Waals surface area contributed by atoms with Crippen molar-refractivity contribution in [1.29, 1.82) is 0 Å². The molecule has 4 N–H and O–H groups in total. The maximum Gasteiger partial charge on any atom is 0.234 e. The summed E-state index contributed by atoms with van der Waals surface area (Å²) in [7, 11) is 0. The number of fused-ring (bicyclic) bond motifs is 1. The third kappa shape index (κ3) is 2.13. The molecule has 1 aromatic heterocycles. The van der Waals surface area contributed by atoms with Crippen LogP contribution in [0.1, 0.15) is 5.56 Å². The van der Waals surface area contributed by atoms with E-state index in [1.54, 1.807) is 6.33 Å². The fourth-order valence-electron chi connectivity index (χ4n) is 1.37. The van der Waals surface area contributed by atoms with E-state index in [0.717, 1.165) is 16.6 Å². The number of carbonyl (C=O) groups excluding carboxylic acids is 1. The van der Waals surface area contributed by atoms with Crippen molar-refractivity contribution in [2.45, 2.75) is 6.54 Å². The number of benzene rings is 1. The van der Waals surface area contributed by atoms with Crippen LogP contribution in [0.4, 0.5) is 0 Å². The minimum atomic E-state index is -0.153. The lowest BCUT2D eigenvalue weighted by Crippen LogP contribution is -2.29. The maximum atomic E-state index is 10.9. The Morgan fingerprint density at radius 2 is 2.40 bits per heavy atom. The molecule has 2 aromatic rings. The number of nitrogens with zero attached hydrogens (tertiary/aromatic N) is 1. The minimum absolute atomic E-state index is 0.0201. The number of H-pyrrole nitrogens is 1. The average Bonchev–Trinajstić information content (AvgIpc) is 2.72. The number of nitrogens with one attached hydrogen (secondary N) is 2. The molecule has 1 heterocycles. The Bertz CT molecular complexity index is 477. The molecule has 2 rings (SSSR count). The number of aromatic nitrogens is 2. The summed E-state index contributed by atoms with van der Waals surface area (Å²) < 4.78 is 0. The standard InChI is InChI=1S/C10H12N4O/c11-4-10(15)12-5-7-1-2-8-9(3-7)14-6-13-8/h1-3,6H,4-5,11H2,(H,12,15)(H,13,14). The zero-order valence-electron chi connectivity index (χ0n) is 8.16. The summed E-state index contributed by atoms with van der Waals surface area (Å²) in [5, 5.41) is 2.71. The summed E-state index contributed by atoms with van der Waals surface area (Å²) >= 11 is 0. The van der Waals surface area contributed by atoms with E-state index < -0.39 is 0 Å². The third-order valence-corrected chi connectivity index (χ3v) is 2.16. The highest BCUT2D eigenvalue weighted by molar-refractivity contribution is 5.78. The summed E-state index contributed by atoms with van der Waals surface area (Å²) in [5.41, 5.74) is 8.09. The van der Waals surface area contributed by atoms with Crippen LogP contribution in [0.15, 0.2) is 24.5 Å². The van der Waals surface area contributed by atoms with Gasteiger partial charge >= 0.3 is 0 Å². The van der Waals surface area contributed by atoms with Crippen LogP contribution in [-0.4, -0.2) is 22.4 Å². The van der Waals surface area contributed by atoms with E-state index >= 15 is 0 Å². The van der Waals surface area contributed by atoms with Gasteiger partial charge in [-0.2, -0.15) is 0 Å². The molecule has 0 unspecified atom stereocenters. The van der Waals surface area contributed by atoms with Gasteiger partial charge in [0.25, 0.3) is 0 Å². The van der Waals surface area contributed by atoms with Gasteiger partial charge in [0.15, 0.2) is 0 Å². The lowest BCUT2D eigenvalue weighted by molar-refractivity contribution is -0.119. The van der Waals surface area contributed by atoms with Crippen LogP contribution in [0, 0.1) is 0 Å². The maximum absolute atomic E-state index is 10.9. The van der Waals surface area contributed by atoms with Gasteiger partial charge in [0.1, 0.15) is 0 Å². The van der Waals surface area contributed by atoms with Crippen LogP contribution < -0.4 is 11.1 Å². The van der Waals surface area contributed by atoms with Crippen molar-refractivity contribution in [1.82, 2.24) is 15.3 Å². The first-order valence-corrected chi connectivity index (χ1v) is 4.68. The Morgan fingerprint density at radius 1 is 1.53 bits per heavy atom. The summed E-state index contributed by atoms with van der Waals surface area (Å²) in [6, 6.07) is 5.80. The second-order valence-electron chi connectivity index (χ2n) is 3.23. The Kier molecular flexibility index (Phi) is 2.64. The molecular formula is C10H12N4O. The highest BCUT2D eigenvalue weighted by Crippen LogP contribution is 2.11. The third-order valence-electron chi connectivity index (χ3n) is 2.16. The highest BCUT2D eigenvalue weighted by Gasteiger charge is 2.00. The summed E-state index contributed by atoms with van der Waals surface area (Å²) in [6.45, 7) is 0.511. The van der Waals surface area contributed by atoms with Crippen LogP contribution in [0.25, 0.3) is 11.0 Å². The molecule has 0 aliphatic heterocycles.